The summed E-state index contributed by atoms with van der Waals surface area (Å²) in [5.74, 6) is 0.418. The minimum Gasteiger partial charge on any atom is -0.300 e. The van der Waals surface area contributed by atoms with Crippen LogP contribution in [0.4, 0.5) is 0 Å². The molecular formula is C14H26N2O2S. The van der Waals surface area contributed by atoms with Crippen LogP contribution in [0.25, 0.3) is 0 Å². The summed E-state index contributed by atoms with van der Waals surface area (Å²) in [4.78, 5) is 5.07. The fourth-order valence-electron chi connectivity index (χ4n) is 3.96. The predicted molar refractivity (Wildman–Crippen MR) is 77.1 cm³/mol. The maximum atomic E-state index is 12.0. The fourth-order valence-corrected chi connectivity index (χ4v) is 5.83. The summed E-state index contributed by atoms with van der Waals surface area (Å²) in [6, 6.07) is 0.681. The zero-order chi connectivity index (χ0) is 13.3. The Hall–Kier alpha value is -0.130. The second-order valence-electron chi connectivity index (χ2n) is 6.43. The zero-order valence-electron chi connectivity index (χ0n) is 11.8. The minimum atomic E-state index is -2.78. The van der Waals surface area contributed by atoms with Crippen LogP contribution in [-0.2, 0) is 9.84 Å². The van der Waals surface area contributed by atoms with Crippen LogP contribution in [0.5, 0.6) is 0 Å². The Labute approximate surface area is 117 Å². The Morgan fingerprint density at radius 3 is 2.58 bits per heavy atom. The monoisotopic (exact) mass is 286 g/mol. The predicted octanol–water partition coefficient (Wildman–Crippen LogP) is 1.12. The van der Waals surface area contributed by atoms with Crippen molar-refractivity contribution in [1.29, 1.82) is 0 Å². The van der Waals surface area contributed by atoms with Crippen molar-refractivity contribution in [2.24, 2.45) is 0 Å². The molecule has 0 spiro atoms. The normalized spacial score (nSPS) is 36.8. The first-order chi connectivity index (χ1) is 9.15. The van der Waals surface area contributed by atoms with E-state index in [2.05, 4.69) is 9.80 Å². The van der Waals surface area contributed by atoms with E-state index in [0.29, 0.717) is 11.8 Å². The van der Waals surface area contributed by atoms with Gasteiger partial charge < -0.3 is 4.90 Å². The second kappa shape index (κ2) is 5.70. The molecule has 3 heterocycles. The van der Waals surface area contributed by atoms with E-state index in [-0.39, 0.29) is 5.25 Å². The zero-order valence-corrected chi connectivity index (χ0v) is 12.6. The van der Waals surface area contributed by atoms with Crippen molar-refractivity contribution in [2.75, 3.05) is 38.5 Å². The molecule has 0 N–H and O–H groups in total. The maximum absolute atomic E-state index is 12.0. The largest absolute Gasteiger partial charge is 0.300 e. The quantitative estimate of drug-likeness (QED) is 0.763. The van der Waals surface area contributed by atoms with Crippen LogP contribution in [0.1, 0.15) is 38.5 Å². The van der Waals surface area contributed by atoms with Crippen molar-refractivity contribution < 1.29 is 8.42 Å². The standard InChI is InChI=1S/C14H26N2O2S/c17-19(18)10-3-6-14(19)12-15-7-4-9-16-8-2-1-5-13(16)11-15/h13-14H,1-12H2. The Morgan fingerprint density at radius 2 is 1.79 bits per heavy atom. The van der Waals surface area contributed by atoms with Crippen molar-refractivity contribution in [3.05, 3.63) is 0 Å². The molecule has 3 saturated heterocycles. The smallest absolute Gasteiger partial charge is 0.154 e. The summed E-state index contributed by atoms with van der Waals surface area (Å²) in [6.07, 6.45) is 6.94. The third-order valence-electron chi connectivity index (χ3n) is 5.06. The van der Waals surface area contributed by atoms with E-state index in [0.717, 1.165) is 32.5 Å². The van der Waals surface area contributed by atoms with Crippen LogP contribution in [0.15, 0.2) is 0 Å². The second-order valence-corrected chi connectivity index (χ2v) is 8.83. The average molecular weight is 286 g/mol. The van der Waals surface area contributed by atoms with Crippen LogP contribution >= 0.6 is 0 Å². The first-order valence-corrected chi connectivity index (χ1v) is 9.55. The van der Waals surface area contributed by atoms with Gasteiger partial charge >= 0.3 is 0 Å². The molecule has 0 aromatic heterocycles. The van der Waals surface area contributed by atoms with Crippen molar-refractivity contribution in [3.8, 4) is 0 Å². The molecule has 0 aliphatic carbocycles. The summed E-state index contributed by atoms with van der Waals surface area (Å²) >= 11 is 0. The Kier molecular flexibility index (Phi) is 4.15. The van der Waals surface area contributed by atoms with E-state index in [1.165, 1.54) is 38.8 Å². The highest BCUT2D eigenvalue weighted by Crippen LogP contribution is 2.24. The van der Waals surface area contributed by atoms with Crippen molar-refractivity contribution >= 4 is 9.84 Å². The molecule has 19 heavy (non-hydrogen) atoms. The Balaban J connectivity index is 1.62. The summed E-state index contributed by atoms with van der Waals surface area (Å²) in [6.45, 7) is 5.41. The van der Waals surface area contributed by atoms with E-state index in [1.807, 2.05) is 0 Å². The molecule has 0 bridgehead atoms. The molecular weight excluding hydrogens is 260 g/mol. The number of hydrogen-bond donors (Lipinski definition) is 0. The van der Waals surface area contributed by atoms with Crippen molar-refractivity contribution in [1.82, 2.24) is 9.80 Å². The van der Waals surface area contributed by atoms with Gasteiger partial charge in [0, 0.05) is 19.1 Å². The SMILES string of the molecule is O=S1(=O)CCCC1CN1CCCN2CCCCC2C1. The highest BCUT2D eigenvalue weighted by Gasteiger charge is 2.34. The molecule has 4 nitrogen and oxygen atoms in total. The third-order valence-corrected chi connectivity index (χ3v) is 7.32. The van der Waals surface area contributed by atoms with Gasteiger partial charge in [0.25, 0.3) is 0 Å². The number of piperidine rings is 1. The van der Waals surface area contributed by atoms with Crippen LogP contribution in [-0.4, -0.2) is 68.0 Å². The van der Waals surface area contributed by atoms with Gasteiger partial charge in [0.15, 0.2) is 9.84 Å². The van der Waals surface area contributed by atoms with Gasteiger partial charge in [0.2, 0.25) is 0 Å². The molecule has 3 rings (SSSR count). The van der Waals surface area contributed by atoms with Crippen molar-refractivity contribution in [2.45, 2.75) is 49.8 Å². The van der Waals surface area contributed by atoms with E-state index in [4.69, 9.17) is 0 Å². The molecule has 0 radical (unpaired) electrons. The van der Waals surface area contributed by atoms with Crippen LogP contribution in [0.2, 0.25) is 0 Å². The number of rotatable bonds is 2. The Bertz CT molecular complexity index is 410. The molecule has 2 unspecified atom stereocenters. The maximum Gasteiger partial charge on any atom is 0.154 e. The number of fused-ring (bicyclic) bond motifs is 1. The first kappa shape index (κ1) is 13.8. The van der Waals surface area contributed by atoms with Crippen molar-refractivity contribution in [3.63, 3.8) is 0 Å². The van der Waals surface area contributed by atoms with Gasteiger partial charge in [-0.25, -0.2) is 8.42 Å². The summed E-state index contributed by atoms with van der Waals surface area (Å²) in [7, 11) is -2.78. The van der Waals surface area contributed by atoms with Gasteiger partial charge in [0.05, 0.1) is 11.0 Å². The van der Waals surface area contributed by atoms with Gasteiger partial charge in [-0.2, -0.15) is 0 Å². The highest BCUT2D eigenvalue weighted by atomic mass is 32.2. The number of sulfone groups is 1. The lowest BCUT2D eigenvalue weighted by Crippen LogP contribution is -2.45. The summed E-state index contributed by atoms with van der Waals surface area (Å²) < 4.78 is 23.9. The molecule has 0 aromatic carbocycles. The topological polar surface area (TPSA) is 40.6 Å². The fraction of sp³-hybridized carbons (Fsp3) is 1.00. The van der Waals surface area contributed by atoms with E-state index < -0.39 is 9.84 Å². The number of nitrogens with zero attached hydrogens (tertiary/aromatic N) is 2. The molecule has 0 amide bonds. The van der Waals surface area contributed by atoms with E-state index in [9.17, 15) is 8.42 Å². The molecule has 2 atom stereocenters. The lowest BCUT2D eigenvalue weighted by molar-refractivity contribution is 0.136. The highest BCUT2D eigenvalue weighted by molar-refractivity contribution is 7.92. The Morgan fingerprint density at radius 1 is 0.947 bits per heavy atom. The van der Waals surface area contributed by atoms with E-state index in [1.54, 1.807) is 0 Å². The molecule has 3 aliphatic heterocycles. The van der Waals surface area contributed by atoms with Gasteiger partial charge in [-0.1, -0.05) is 6.42 Å². The van der Waals surface area contributed by atoms with Crippen LogP contribution in [0, 0.1) is 0 Å². The van der Waals surface area contributed by atoms with Gasteiger partial charge in [-0.05, 0) is 51.7 Å². The third kappa shape index (κ3) is 3.14. The molecule has 3 fully saturated rings. The molecule has 5 heteroatoms. The van der Waals surface area contributed by atoms with Gasteiger partial charge in [0.1, 0.15) is 0 Å². The first-order valence-electron chi connectivity index (χ1n) is 7.83. The lowest BCUT2D eigenvalue weighted by atomic mass is 10.0. The van der Waals surface area contributed by atoms with Crippen LogP contribution < -0.4 is 0 Å². The number of hydrogen-bond acceptors (Lipinski definition) is 4. The summed E-state index contributed by atoms with van der Waals surface area (Å²) in [5, 5.41) is -0.0809. The average Bonchev–Trinajstić information content (AvgIpc) is 2.61. The lowest BCUT2D eigenvalue weighted by Gasteiger charge is -2.35. The molecule has 0 aromatic rings. The van der Waals surface area contributed by atoms with Gasteiger partial charge in [-0.15, -0.1) is 0 Å². The molecule has 0 saturated carbocycles. The van der Waals surface area contributed by atoms with Gasteiger partial charge in [-0.3, -0.25) is 4.90 Å². The molecule has 110 valence electrons. The minimum absolute atomic E-state index is 0.0809. The van der Waals surface area contributed by atoms with Crippen LogP contribution in [0.3, 0.4) is 0 Å². The van der Waals surface area contributed by atoms with E-state index >= 15 is 0 Å². The molecule has 3 aliphatic rings. The summed E-state index contributed by atoms with van der Waals surface area (Å²) in [5.41, 5.74) is 0.